The van der Waals surface area contributed by atoms with E-state index >= 15 is 0 Å². The van der Waals surface area contributed by atoms with Crippen LogP contribution in [0.4, 0.5) is 0 Å². The minimum absolute atomic E-state index is 1.10. The predicted molar refractivity (Wildman–Crippen MR) is 41.0 cm³/mol. The van der Waals surface area contributed by atoms with Crippen LogP contribution in [0.3, 0.4) is 0 Å². The molecule has 7 nitrogen and oxygen atoms in total. The van der Waals surface area contributed by atoms with Crippen LogP contribution in [-0.4, -0.2) is 59.6 Å². The monoisotopic (exact) mass is 224 g/mol. The van der Waals surface area contributed by atoms with Gasteiger partial charge in [-0.1, -0.05) is 0 Å². The molecule has 14 heavy (non-hydrogen) atoms. The molecule has 2 saturated heterocycles. The van der Waals surface area contributed by atoms with Gasteiger partial charge in [0.25, 0.3) is 5.44 Å². The lowest BCUT2D eigenvalue weighted by molar-refractivity contribution is -0.151. The first-order valence-electron chi connectivity index (χ1n) is 3.78. The minimum atomic E-state index is -2.15. The Morgan fingerprint density at radius 1 is 1.43 bits per heavy atom. The number of aliphatic hydroxyl groups is 4. The molecule has 2 fully saturated rings. The molecule has 0 aliphatic carbocycles. The van der Waals surface area contributed by atoms with E-state index in [9.17, 15) is 19.6 Å². The zero-order chi connectivity index (χ0) is 10.7. The molecule has 2 rings (SSSR count). The van der Waals surface area contributed by atoms with Gasteiger partial charge in [0.1, 0.15) is 6.10 Å². The summed E-state index contributed by atoms with van der Waals surface area (Å²) in [7, 11) is 0. The molecule has 0 aromatic rings. The van der Waals surface area contributed by atoms with Gasteiger partial charge in [0.15, 0.2) is 6.10 Å². The summed E-state index contributed by atoms with van der Waals surface area (Å²) >= 11 is -1.99. The van der Waals surface area contributed by atoms with Crippen molar-refractivity contribution < 1.29 is 34.5 Å². The van der Waals surface area contributed by atoms with E-state index in [4.69, 9.17) is 10.2 Å². The molecule has 0 spiro atoms. The predicted octanol–water partition coefficient (Wildman–Crippen LogP) is -3.60. The summed E-state index contributed by atoms with van der Waals surface area (Å²) in [5, 5.41) is 36.7. The van der Waals surface area contributed by atoms with E-state index in [1.807, 2.05) is 0 Å². The standard InChI is InChI=1S/C6H8O7S/c7-1-2(8)4(9)13-3(1)6(11)5(10)14(6)12/h1-3,5,7-8,10-11H/t1-,2+,3+,5?,6-,14?/m0/s1. The van der Waals surface area contributed by atoms with Gasteiger partial charge in [-0.2, -0.15) is 0 Å². The highest BCUT2D eigenvalue weighted by molar-refractivity contribution is 8.00. The van der Waals surface area contributed by atoms with Gasteiger partial charge in [-0.15, -0.1) is 0 Å². The Morgan fingerprint density at radius 2 is 1.93 bits per heavy atom. The number of hydrogen-bond donors (Lipinski definition) is 4. The molecule has 0 bridgehead atoms. The van der Waals surface area contributed by atoms with Crippen LogP contribution in [0.5, 0.6) is 0 Å². The van der Waals surface area contributed by atoms with Gasteiger partial charge < -0.3 is 29.7 Å². The summed E-state index contributed by atoms with van der Waals surface area (Å²) in [6.07, 6.45) is -4.98. The van der Waals surface area contributed by atoms with E-state index in [0.717, 1.165) is 0 Å². The Kier molecular flexibility index (Phi) is 2.04. The molecule has 0 saturated carbocycles. The van der Waals surface area contributed by atoms with Crippen molar-refractivity contribution in [1.82, 2.24) is 0 Å². The van der Waals surface area contributed by atoms with Crippen LogP contribution >= 0.6 is 0 Å². The van der Waals surface area contributed by atoms with Crippen LogP contribution in [-0.2, 0) is 20.7 Å². The summed E-state index contributed by atoms with van der Waals surface area (Å²) in [5.41, 5.74) is -1.56. The van der Waals surface area contributed by atoms with Crippen LogP contribution in [0.1, 0.15) is 0 Å². The van der Waals surface area contributed by atoms with Crippen molar-refractivity contribution in [3.63, 3.8) is 0 Å². The number of carbonyl (C=O) groups excluding carboxylic acids is 1. The molecule has 8 heteroatoms. The van der Waals surface area contributed by atoms with Crippen molar-refractivity contribution in [1.29, 1.82) is 0 Å². The number of hydrogen-bond acceptors (Lipinski definition) is 7. The lowest BCUT2D eigenvalue weighted by atomic mass is 10.1. The van der Waals surface area contributed by atoms with Gasteiger partial charge in [0.05, 0.1) is 0 Å². The molecule has 2 unspecified atom stereocenters. The van der Waals surface area contributed by atoms with E-state index in [0.29, 0.717) is 0 Å². The number of aliphatic hydroxyl groups excluding tert-OH is 3. The highest BCUT2D eigenvalue weighted by Gasteiger charge is 2.81. The van der Waals surface area contributed by atoms with Crippen LogP contribution in [0.2, 0.25) is 0 Å². The summed E-state index contributed by atoms with van der Waals surface area (Å²) < 4.78 is 15.3. The Labute approximate surface area is 81.1 Å². The number of esters is 1. The quantitative estimate of drug-likeness (QED) is 0.205. The second kappa shape index (κ2) is 2.81. The van der Waals surface area contributed by atoms with Crippen LogP contribution in [0.15, 0.2) is 0 Å². The first kappa shape index (κ1) is 10.1. The fourth-order valence-electron chi connectivity index (χ4n) is 1.39. The second-order valence-electron chi connectivity index (χ2n) is 3.19. The maximum atomic E-state index is 10.9. The van der Waals surface area contributed by atoms with Gasteiger partial charge in [-0.25, -0.2) is 4.79 Å². The lowest BCUT2D eigenvalue weighted by Gasteiger charge is -2.13. The van der Waals surface area contributed by atoms with Crippen LogP contribution < -0.4 is 0 Å². The van der Waals surface area contributed by atoms with Gasteiger partial charge in [-0.05, 0) is 0 Å². The molecule has 6 atom stereocenters. The van der Waals surface area contributed by atoms with Gasteiger partial charge in [-0.3, -0.25) is 0 Å². The van der Waals surface area contributed by atoms with Crippen molar-refractivity contribution in [3.8, 4) is 0 Å². The molecular weight excluding hydrogens is 216 g/mol. The zero-order valence-electron chi connectivity index (χ0n) is 6.73. The third kappa shape index (κ3) is 1.03. The third-order valence-corrected chi connectivity index (χ3v) is 3.96. The average molecular weight is 224 g/mol. The van der Waals surface area contributed by atoms with Crippen molar-refractivity contribution in [3.05, 3.63) is 0 Å². The molecular formula is C6H8O7S. The van der Waals surface area contributed by atoms with Crippen LogP contribution in [0, 0.1) is 0 Å². The lowest BCUT2D eigenvalue weighted by Crippen LogP contribution is -2.43. The Morgan fingerprint density at radius 3 is 2.21 bits per heavy atom. The second-order valence-corrected chi connectivity index (χ2v) is 4.89. The maximum absolute atomic E-state index is 10.9. The Balaban J connectivity index is 2.18. The molecule has 80 valence electrons. The zero-order valence-corrected chi connectivity index (χ0v) is 7.55. The van der Waals surface area contributed by atoms with E-state index in [1.54, 1.807) is 0 Å². The number of carbonyl (C=O) groups is 1. The largest absolute Gasteiger partial charge is 0.611 e. The molecule has 2 heterocycles. The summed E-state index contributed by atoms with van der Waals surface area (Å²) in [4.78, 5) is 8.61. The summed E-state index contributed by atoms with van der Waals surface area (Å²) in [5.74, 6) is -1.10. The topological polar surface area (TPSA) is 130 Å². The highest BCUT2D eigenvalue weighted by Crippen LogP contribution is 2.48. The average Bonchev–Trinajstić information content (AvgIpc) is 2.50. The van der Waals surface area contributed by atoms with E-state index < -0.39 is 45.8 Å². The minimum Gasteiger partial charge on any atom is -0.611 e. The molecule has 2 aliphatic heterocycles. The van der Waals surface area contributed by atoms with Crippen molar-refractivity contribution in [2.45, 2.75) is 28.7 Å². The first-order valence-corrected chi connectivity index (χ1v) is 4.99. The summed E-state index contributed by atoms with van der Waals surface area (Å²) in [6, 6.07) is 0. The third-order valence-electron chi connectivity index (χ3n) is 2.35. The molecule has 0 aromatic carbocycles. The fraction of sp³-hybridized carbons (Fsp3) is 0.833. The number of ether oxygens (including phenoxy) is 1. The molecule has 4 N–H and O–H groups in total. The molecule has 0 amide bonds. The molecule has 0 aromatic heterocycles. The fourth-order valence-corrected chi connectivity index (χ4v) is 2.53. The van der Waals surface area contributed by atoms with Crippen LogP contribution in [0.25, 0.3) is 0 Å². The summed E-state index contributed by atoms with van der Waals surface area (Å²) in [6.45, 7) is 0. The number of rotatable bonds is 1. The Hall–Kier alpha value is -0.380. The van der Waals surface area contributed by atoms with Gasteiger partial charge in [0.2, 0.25) is 6.10 Å². The first-order chi connectivity index (χ1) is 6.40. The Bertz CT molecular complexity index is 273. The van der Waals surface area contributed by atoms with E-state index in [1.165, 1.54) is 0 Å². The highest BCUT2D eigenvalue weighted by atomic mass is 32.2. The van der Waals surface area contributed by atoms with Gasteiger partial charge >= 0.3 is 10.9 Å². The SMILES string of the molecule is O=C1O[C@@H]([C@@]2(O)C(O)[S+]2[O-])[C@@H](O)[C@H]1O. The smallest absolute Gasteiger partial charge is 0.340 e. The normalized spacial score (nSPS) is 57.2. The van der Waals surface area contributed by atoms with Crippen molar-refractivity contribution >= 4 is 17.1 Å². The van der Waals surface area contributed by atoms with Crippen molar-refractivity contribution in [2.75, 3.05) is 0 Å². The van der Waals surface area contributed by atoms with Gasteiger partial charge in [0, 0.05) is 11.2 Å². The maximum Gasteiger partial charge on any atom is 0.340 e. The van der Waals surface area contributed by atoms with E-state index in [2.05, 4.69) is 4.74 Å². The molecule has 0 radical (unpaired) electrons. The number of cyclic esters (lactones) is 1. The van der Waals surface area contributed by atoms with E-state index in [-0.39, 0.29) is 0 Å². The van der Waals surface area contributed by atoms with Crippen molar-refractivity contribution in [2.24, 2.45) is 0 Å². The molecule has 2 aliphatic rings.